The van der Waals surface area contributed by atoms with Gasteiger partial charge in [0, 0.05) is 16.7 Å². The molecule has 0 fully saturated rings. The molecule has 0 aliphatic rings. The number of phenolic OH excluding ortho intramolecular Hbond substituents is 1. The van der Waals surface area contributed by atoms with Crippen LogP contribution in [0, 0.1) is 0 Å². The molecule has 0 aliphatic heterocycles. The number of benzene rings is 1. The Morgan fingerprint density at radius 1 is 1.59 bits per heavy atom. The number of rotatable bonds is 3. The summed E-state index contributed by atoms with van der Waals surface area (Å²) in [5.41, 5.74) is 6.04. The molecule has 0 amide bonds. The summed E-state index contributed by atoms with van der Waals surface area (Å²) in [4.78, 5) is 11.0. The monoisotopic (exact) mass is 277 g/mol. The van der Waals surface area contributed by atoms with Crippen molar-refractivity contribution < 1.29 is 14.6 Å². The number of nitrogens with two attached hydrogens (primary N) is 1. The Kier molecular flexibility index (Phi) is 6.46. The van der Waals surface area contributed by atoms with Gasteiger partial charge in [-0.15, -0.1) is 12.4 Å². The van der Waals surface area contributed by atoms with Crippen molar-refractivity contribution in [2.45, 2.75) is 6.92 Å². The first kappa shape index (κ1) is 15.6. The number of phenols is 1. The SMILES string of the molecule is CCOC(=O)C=Cc1cc(Cl)cc(N)c1O.Cl. The minimum Gasteiger partial charge on any atom is -0.505 e. The number of anilines is 1. The van der Waals surface area contributed by atoms with Crippen LogP contribution < -0.4 is 5.73 Å². The van der Waals surface area contributed by atoms with Crippen LogP contribution in [0.25, 0.3) is 6.08 Å². The van der Waals surface area contributed by atoms with Gasteiger partial charge in [-0.1, -0.05) is 11.6 Å². The molecule has 0 aromatic heterocycles. The van der Waals surface area contributed by atoms with Crippen LogP contribution in [0.15, 0.2) is 18.2 Å². The maximum absolute atomic E-state index is 11.0. The Balaban J connectivity index is 0.00000256. The topological polar surface area (TPSA) is 72.5 Å². The van der Waals surface area contributed by atoms with E-state index in [1.165, 1.54) is 24.3 Å². The smallest absolute Gasteiger partial charge is 0.330 e. The lowest BCUT2D eigenvalue weighted by molar-refractivity contribution is -0.137. The standard InChI is InChI=1S/C11H12ClNO3.ClH/c1-2-16-10(14)4-3-7-5-8(12)6-9(13)11(7)15;/h3-6,15H,2,13H2,1H3;1H. The predicted octanol–water partition coefficient (Wildman–Crippen LogP) is 2.63. The summed E-state index contributed by atoms with van der Waals surface area (Å²) in [6.07, 6.45) is 2.60. The highest BCUT2D eigenvalue weighted by atomic mass is 35.5. The molecule has 6 heteroatoms. The van der Waals surface area contributed by atoms with Crippen molar-refractivity contribution in [1.82, 2.24) is 0 Å². The fourth-order valence-corrected chi connectivity index (χ4v) is 1.35. The number of hydrogen-bond donors (Lipinski definition) is 2. The van der Waals surface area contributed by atoms with Crippen LogP contribution in [0.3, 0.4) is 0 Å². The van der Waals surface area contributed by atoms with Crippen molar-refractivity contribution in [1.29, 1.82) is 0 Å². The van der Waals surface area contributed by atoms with E-state index >= 15 is 0 Å². The number of halogens is 2. The lowest BCUT2D eigenvalue weighted by Crippen LogP contribution is -1.98. The molecule has 1 aromatic carbocycles. The number of nitrogen functional groups attached to an aromatic ring is 1. The Morgan fingerprint density at radius 3 is 2.82 bits per heavy atom. The maximum Gasteiger partial charge on any atom is 0.330 e. The van der Waals surface area contributed by atoms with Crippen LogP contribution in [0.2, 0.25) is 5.02 Å². The van der Waals surface area contributed by atoms with Crippen LogP contribution in [0.5, 0.6) is 5.75 Å². The van der Waals surface area contributed by atoms with Crippen molar-refractivity contribution in [3.63, 3.8) is 0 Å². The largest absolute Gasteiger partial charge is 0.505 e. The Morgan fingerprint density at radius 2 is 2.24 bits per heavy atom. The Hall–Kier alpha value is -1.39. The van der Waals surface area contributed by atoms with Gasteiger partial charge in [0.15, 0.2) is 0 Å². The fourth-order valence-electron chi connectivity index (χ4n) is 1.12. The highest BCUT2D eigenvalue weighted by Gasteiger charge is 2.05. The van der Waals surface area contributed by atoms with Gasteiger partial charge in [-0.3, -0.25) is 0 Å². The van der Waals surface area contributed by atoms with Gasteiger partial charge in [-0.2, -0.15) is 0 Å². The minimum atomic E-state index is -0.486. The summed E-state index contributed by atoms with van der Waals surface area (Å²) in [6.45, 7) is 2.01. The quantitative estimate of drug-likeness (QED) is 0.386. The summed E-state index contributed by atoms with van der Waals surface area (Å²) in [5, 5.41) is 9.97. The molecule has 94 valence electrons. The van der Waals surface area contributed by atoms with Gasteiger partial charge in [-0.05, 0) is 25.1 Å². The van der Waals surface area contributed by atoms with E-state index < -0.39 is 5.97 Å². The van der Waals surface area contributed by atoms with E-state index in [1.54, 1.807) is 6.92 Å². The van der Waals surface area contributed by atoms with Crippen molar-refractivity contribution in [3.05, 3.63) is 28.8 Å². The normalized spacial score (nSPS) is 10.0. The van der Waals surface area contributed by atoms with E-state index in [-0.39, 0.29) is 23.8 Å². The van der Waals surface area contributed by atoms with E-state index in [4.69, 9.17) is 22.1 Å². The molecular formula is C11H13Cl2NO3. The molecule has 0 bridgehead atoms. The molecule has 4 nitrogen and oxygen atoms in total. The van der Waals surface area contributed by atoms with E-state index in [9.17, 15) is 9.90 Å². The molecule has 0 spiro atoms. The lowest BCUT2D eigenvalue weighted by atomic mass is 10.1. The summed E-state index contributed by atoms with van der Waals surface area (Å²) in [6, 6.07) is 2.93. The summed E-state index contributed by atoms with van der Waals surface area (Å²) in [7, 11) is 0. The molecule has 1 rings (SSSR count). The second kappa shape index (κ2) is 7.04. The molecule has 0 saturated carbocycles. The Labute approximate surface area is 110 Å². The summed E-state index contributed by atoms with van der Waals surface area (Å²) < 4.78 is 4.69. The van der Waals surface area contributed by atoms with Crippen molar-refractivity contribution >= 4 is 41.7 Å². The molecule has 0 aliphatic carbocycles. The molecule has 0 atom stereocenters. The second-order valence-electron chi connectivity index (χ2n) is 3.02. The zero-order valence-corrected chi connectivity index (χ0v) is 10.7. The first-order chi connectivity index (χ1) is 7.54. The summed E-state index contributed by atoms with van der Waals surface area (Å²) in [5.74, 6) is -0.592. The van der Waals surface area contributed by atoms with Crippen LogP contribution in [0.4, 0.5) is 5.69 Å². The predicted molar refractivity (Wildman–Crippen MR) is 70.4 cm³/mol. The molecule has 0 radical (unpaired) electrons. The van der Waals surface area contributed by atoms with Crippen LogP contribution in [0.1, 0.15) is 12.5 Å². The molecule has 0 heterocycles. The first-order valence-electron chi connectivity index (χ1n) is 4.67. The third-order valence-corrected chi connectivity index (χ3v) is 2.04. The maximum atomic E-state index is 11.0. The fraction of sp³-hybridized carbons (Fsp3) is 0.182. The van der Waals surface area contributed by atoms with Crippen molar-refractivity contribution in [2.75, 3.05) is 12.3 Å². The van der Waals surface area contributed by atoms with E-state index in [0.29, 0.717) is 17.2 Å². The van der Waals surface area contributed by atoms with Gasteiger partial charge in [-0.25, -0.2) is 4.79 Å². The number of carbonyl (C=O) groups excluding carboxylic acids is 1. The van der Waals surface area contributed by atoms with Gasteiger partial charge in [0.25, 0.3) is 0 Å². The number of ether oxygens (including phenoxy) is 1. The third-order valence-electron chi connectivity index (χ3n) is 1.82. The lowest BCUT2D eigenvalue weighted by Gasteiger charge is -2.03. The molecule has 3 N–H and O–H groups in total. The van der Waals surface area contributed by atoms with E-state index in [2.05, 4.69) is 0 Å². The van der Waals surface area contributed by atoms with E-state index in [0.717, 1.165) is 0 Å². The number of aromatic hydroxyl groups is 1. The van der Waals surface area contributed by atoms with Gasteiger partial charge in [0.05, 0.1) is 12.3 Å². The molecular weight excluding hydrogens is 265 g/mol. The van der Waals surface area contributed by atoms with Crippen molar-refractivity contribution in [3.8, 4) is 5.75 Å². The van der Waals surface area contributed by atoms with Crippen LogP contribution >= 0.6 is 24.0 Å². The van der Waals surface area contributed by atoms with Crippen LogP contribution in [-0.4, -0.2) is 17.7 Å². The highest BCUT2D eigenvalue weighted by molar-refractivity contribution is 6.31. The Bertz CT molecular complexity index is 433. The summed E-state index contributed by atoms with van der Waals surface area (Å²) >= 11 is 5.76. The van der Waals surface area contributed by atoms with Gasteiger partial charge < -0.3 is 15.6 Å². The van der Waals surface area contributed by atoms with Crippen LogP contribution in [-0.2, 0) is 9.53 Å². The van der Waals surface area contributed by atoms with E-state index in [1.807, 2.05) is 0 Å². The zero-order chi connectivity index (χ0) is 12.1. The molecule has 17 heavy (non-hydrogen) atoms. The molecule has 0 saturated heterocycles. The zero-order valence-electron chi connectivity index (χ0n) is 9.14. The third kappa shape index (κ3) is 4.54. The average molecular weight is 278 g/mol. The van der Waals surface area contributed by atoms with Gasteiger partial charge >= 0.3 is 5.97 Å². The van der Waals surface area contributed by atoms with Crippen molar-refractivity contribution in [2.24, 2.45) is 0 Å². The van der Waals surface area contributed by atoms with Gasteiger partial charge in [0.2, 0.25) is 0 Å². The molecule has 1 aromatic rings. The average Bonchev–Trinajstić information content (AvgIpc) is 2.21. The molecule has 0 unspecified atom stereocenters. The first-order valence-corrected chi connectivity index (χ1v) is 5.05. The number of carbonyl (C=O) groups is 1. The number of hydrogen-bond acceptors (Lipinski definition) is 4. The van der Waals surface area contributed by atoms with Gasteiger partial charge in [0.1, 0.15) is 5.75 Å². The minimum absolute atomic E-state index is 0. The highest BCUT2D eigenvalue weighted by Crippen LogP contribution is 2.29. The number of esters is 1. The second-order valence-corrected chi connectivity index (χ2v) is 3.45.